The molecule has 5 rings (SSSR count). The Balaban J connectivity index is 1.31. The normalized spacial score (nSPS) is 16.5. The number of oxazole rings is 1. The summed E-state index contributed by atoms with van der Waals surface area (Å²) in [7, 11) is 0. The molecule has 0 bridgehead atoms. The van der Waals surface area contributed by atoms with Gasteiger partial charge in [0.1, 0.15) is 16.7 Å². The van der Waals surface area contributed by atoms with Gasteiger partial charge in [0.05, 0.1) is 25.5 Å². The molecule has 8 nitrogen and oxygen atoms in total. The van der Waals surface area contributed by atoms with Gasteiger partial charge < -0.3 is 14.5 Å². The van der Waals surface area contributed by atoms with Crippen LogP contribution in [0.4, 0.5) is 0 Å². The highest BCUT2D eigenvalue weighted by Crippen LogP contribution is 2.18. The van der Waals surface area contributed by atoms with Crippen LogP contribution < -0.4 is 16.1 Å². The maximum Gasteiger partial charge on any atom is 0.270 e. The zero-order valence-corrected chi connectivity index (χ0v) is 19.3. The van der Waals surface area contributed by atoms with E-state index in [1.165, 1.54) is 0 Å². The first-order chi connectivity index (χ1) is 16.1. The molecule has 0 atom stereocenters. The summed E-state index contributed by atoms with van der Waals surface area (Å²) < 4.78 is 13.2. The van der Waals surface area contributed by atoms with Crippen molar-refractivity contribution in [1.29, 1.82) is 0 Å². The number of ether oxygens (including phenoxy) is 1. The van der Waals surface area contributed by atoms with Gasteiger partial charge in [-0.3, -0.25) is 14.1 Å². The van der Waals surface area contributed by atoms with E-state index in [1.54, 1.807) is 22.7 Å². The molecule has 33 heavy (non-hydrogen) atoms. The van der Waals surface area contributed by atoms with Crippen LogP contribution in [0, 0.1) is 0 Å². The summed E-state index contributed by atoms with van der Waals surface area (Å²) >= 11 is 6.09. The maximum atomic E-state index is 13.1. The fourth-order valence-corrected chi connectivity index (χ4v) is 4.31. The Kier molecular flexibility index (Phi) is 6.30. The highest BCUT2D eigenvalue weighted by molar-refractivity contribution is 6.30. The molecule has 1 amide bonds. The van der Waals surface area contributed by atoms with Crippen molar-refractivity contribution in [3.8, 4) is 0 Å². The lowest BCUT2D eigenvalue weighted by Crippen LogP contribution is -2.35. The van der Waals surface area contributed by atoms with Gasteiger partial charge in [-0.05, 0) is 36.6 Å². The SMILES string of the molecule is CCc1nc2cc(Cl)ccn2c1C(=O)NCC1=CCC=c2oc(CN3CCOCC3)nc2=C1. The average molecular weight is 468 g/mol. The number of allylic oxidation sites excluding steroid dienone is 1. The number of imidazole rings is 1. The van der Waals surface area contributed by atoms with Gasteiger partial charge in [-0.2, -0.15) is 0 Å². The highest BCUT2D eigenvalue weighted by atomic mass is 35.5. The van der Waals surface area contributed by atoms with Crippen molar-refractivity contribution in [2.24, 2.45) is 0 Å². The average Bonchev–Trinajstić information content (AvgIpc) is 3.31. The van der Waals surface area contributed by atoms with Gasteiger partial charge in [-0.1, -0.05) is 24.6 Å². The topological polar surface area (TPSA) is 84.9 Å². The standard InChI is InChI=1S/C24H26ClN5O3/c1-2-18-23(30-7-6-17(25)13-21(30)27-18)24(31)26-14-16-4-3-5-20-19(12-16)28-22(33-20)15-29-8-10-32-11-9-29/h4-7,12-13H,2-3,8-11,14-15H2,1H3,(H,26,31). The molecule has 0 saturated carbocycles. The molecular formula is C24H26ClN5O3. The van der Waals surface area contributed by atoms with Crippen molar-refractivity contribution in [2.75, 3.05) is 32.8 Å². The lowest BCUT2D eigenvalue weighted by molar-refractivity contribution is 0.0304. The number of hydrogen-bond acceptors (Lipinski definition) is 6. The number of aromatic nitrogens is 3. The number of hydrogen-bond donors (Lipinski definition) is 1. The fourth-order valence-electron chi connectivity index (χ4n) is 4.16. The second-order valence-corrected chi connectivity index (χ2v) is 8.56. The molecule has 9 heteroatoms. The van der Waals surface area contributed by atoms with E-state index in [1.807, 2.05) is 19.1 Å². The summed E-state index contributed by atoms with van der Waals surface area (Å²) in [5.41, 5.74) is 3.72. The molecule has 2 aliphatic rings. The third kappa shape index (κ3) is 4.73. The minimum Gasteiger partial charge on any atom is -0.440 e. The smallest absolute Gasteiger partial charge is 0.270 e. The van der Waals surface area contributed by atoms with Crippen LogP contribution >= 0.6 is 11.6 Å². The van der Waals surface area contributed by atoms with E-state index in [-0.39, 0.29) is 5.91 Å². The van der Waals surface area contributed by atoms with E-state index < -0.39 is 0 Å². The summed E-state index contributed by atoms with van der Waals surface area (Å²) in [6.45, 7) is 6.29. The molecule has 172 valence electrons. The number of carbonyl (C=O) groups is 1. The van der Waals surface area contributed by atoms with Crippen LogP contribution in [0.25, 0.3) is 17.8 Å². The summed E-state index contributed by atoms with van der Waals surface area (Å²) in [5, 5.41) is 4.43. The van der Waals surface area contributed by atoms with E-state index in [0.29, 0.717) is 41.8 Å². The Morgan fingerprint density at radius 2 is 2.09 bits per heavy atom. The summed E-state index contributed by atoms with van der Waals surface area (Å²) in [4.78, 5) is 24.6. The maximum absolute atomic E-state index is 13.1. The first-order valence-electron chi connectivity index (χ1n) is 11.2. The van der Waals surface area contributed by atoms with E-state index in [2.05, 4.69) is 21.3 Å². The van der Waals surface area contributed by atoms with Gasteiger partial charge in [0.25, 0.3) is 5.91 Å². The van der Waals surface area contributed by atoms with Gasteiger partial charge in [-0.15, -0.1) is 0 Å². The number of halogens is 1. The predicted octanol–water partition coefficient (Wildman–Crippen LogP) is 1.69. The van der Waals surface area contributed by atoms with Crippen molar-refractivity contribution >= 4 is 35.3 Å². The molecule has 1 aliphatic carbocycles. The van der Waals surface area contributed by atoms with Crippen molar-refractivity contribution in [1.82, 2.24) is 24.6 Å². The first-order valence-corrected chi connectivity index (χ1v) is 11.6. The van der Waals surface area contributed by atoms with Crippen molar-refractivity contribution in [2.45, 2.75) is 26.3 Å². The molecule has 1 N–H and O–H groups in total. The van der Waals surface area contributed by atoms with Gasteiger partial charge >= 0.3 is 0 Å². The molecule has 0 aromatic carbocycles. The lowest BCUT2D eigenvalue weighted by atomic mass is 10.2. The second kappa shape index (κ2) is 9.51. The van der Waals surface area contributed by atoms with Crippen LogP contribution in [0.3, 0.4) is 0 Å². The van der Waals surface area contributed by atoms with Gasteiger partial charge in [0, 0.05) is 36.9 Å². The molecule has 0 spiro atoms. The number of nitrogens with one attached hydrogen (secondary N) is 1. The number of aryl methyl sites for hydroxylation is 1. The van der Waals surface area contributed by atoms with Gasteiger partial charge in [0.15, 0.2) is 5.42 Å². The van der Waals surface area contributed by atoms with Crippen LogP contribution in [0.15, 0.2) is 34.4 Å². The zero-order chi connectivity index (χ0) is 22.8. The van der Waals surface area contributed by atoms with Crippen molar-refractivity contribution < 1.29 is 13.9 Å². The van der Waals surface area contributed by atoms with Gasteiger partial charge in [-0.25, -0.2) is 9.97 Å². The quantitative estimate of drug-likeness (QED) is 0.594. The third-order valence-electron chi connectivity index (χ3n) is 5.86. The molecule has 1 fully saturated rings. The van der Waals surface area contributed by atoms with Crippen LogP contribution in [0.2, 0.25) is 5.02 Å². The largest absolute Gasteiger partial charge is 0.440 e. The number of pyridine rings is 1. The molecular weight excluding hydrogens is 442 g/mol. The molecule has 0 unspecified atom stereocenters. The minimum absolute atomic E-state index is 0.169. The number of nitrogens with zero attached hydrogens (tertiary/aromatic N) is 4. The van der Waals surface area contributed by atoms with E-state index >= 15 is 0 Å². The van der Waals surface area contributed by atoms with E-state index in [4.69, 9.17) is 25.7 Å². The van der Waals surface area contributed by atoms with Crippen LogP contribution in [0.5, 0.6) is 0 Å². The van der Waals surface area contributed by atoms with Crippen LogP contribution in [-0.2, 0) is 17.7 Å². The van der Waals surface area contributed by atoms with E-state index in [9.17, 15) is 4.79 Å². The van der Waals surface area contributed by atoms with E-state index in [0.717, 1.165) is 54.8 Å². The number of fused-ring (bicyclic) bond motifs is 2. The fraction of sp³-hybridized carbons (Fsp3) is 0.375. The third-order valence-corrected chi connectivity index (χ3v) is 6.09. The zero-order valence-electron chi connectivity index (χ0n) is 18.5. The summed E-state index contributed by atoms with van der Waals surface area (Å²) in [6.07, 6.45) is 9.24. The highest BCUT2D eigenvalue weighted by Gasteiger charge is 2.19. The lowest BCUT2D eigenvalue weighted by Gasteiger charge is -2.24. The first kappa shape index (κ1) is 21.9. The number of morpholine rings is 1. The summed E-state index contributed by atoms with van der Waals surface area (Å²) in [5.74, 6) is 0.536. The Labute approximate surface area is 196 Å². The molecule has 0 radical (unpaired) electrons. The number of rotatable bonds is 6. The predicted molar refractivity (Wildman–Crippen MR) is 125 cm³/mol. The molecule has 4 heterocycles. The van der Waals surface area contributed by atoms with Crippen molar-refractivity contribution in [3.63, 3.8) is 0 Å². The van der Waals surface area contributed by atoms with Crippen LogP contribution in [-0.4, -0.2) is 58.0 Å². The Bertz CT molecular complexity index is 1330. The summed E-state index contributed by atoms with van der Waals surface area (Å²) in [6, 6.07) is 3.51. The second-order valence-electron chi connectivity index (χ2n) is 8.13. The Morgan fingerprint density at radius 3 is 2.91 bits per heavy atom. The van der Waals surface area contributed by atoms with Crippen molar-refractivity contribution in [3.05, 3.63) is 63.0 Å². The monoisotopic (exact) mass is 467 g/mol. The van der Waals surface area contributed by atoms with Gasteiger partial charge in [0.2, 0.25) is 5.89 Å². The minimum atomic E-state index is -0.169. The number of carbonyl (C=O) groups excluding carboxylic acids is 1. The Morgan fingerprint density at radius 1 is 1.24 bits per heavy atom. The number of amides is 1. The molecule has 1 aliphatic heterocycles. The molecule has 1 saturated heterocycles. The molecule has 3 aromatic rings. The Hall–Kier alpha value is -2.94. The molecule has 3 aromatic heterocycles. The van der Waals surface area contributed by atoms with Crippen LogP contribution in [0.1, 0.15) is 35.4 Å².